The molecule has 1 spiro atoms. The lowest BCUT2D eigenvalue weighted by atomic mass is 9.73. The van der Waals surface area contributed by atoms with Crippen molar-refractivity contribution in [3.05, 3.63) is 65.7 Å². The van der Waals surface area contributed by atoms with Crippen molar-refractivity contribution >= 4 is 27.9 Å². The average Bonchev–Trinajstić information content (AvgIpc) is 3.30. The smallest absolute Gasteiger partial charge is 0.266 e. The van der Waals surface area contributed by atoms with Crippen LogP contribution >= 0.6 is 0 Å². The Morgan fingerprint density at radius 3 is 2.71 bits per heavy atom. The van der Waals surface area contributed by atoms with Crippen LogP contribution in [0.2, 0.25) is 0 Å². The van der Waals surface area contributed by atoms with E-state index in [0.717, 1.165) is 67.3 Å². The highest BCUT2D eigenvalue weighted by atomic mass is 19.3. The van der Waals surface area contributed by atoms with E-state index in [2.05, 4.69) is 32.4 Å². The Balaban J connectivity index is 1.33. The Bertz CT molecular complexity index is 1360. The van der Waals surface area contributed by atoms with Crippen molar-refractivity contribution in [2.75, 3.05) is 36.5 Å². The minimum Gasteiger partial charge on any atom is -0.381 e. The van der Waals surface area contributed by atoms with E-state index in [1.165, 1.54) is 12.1 Å². The Hall–Kier alpha value is -3.33. The number of nitrogens with one attached hydrogen (secondary N) is 1. The molecule has 2 aliphatic rings. The summed E-state index contributed by atoms with van der Waals surface area (Å²) < 4.78 is 48.0. The molecule has 176 valence electrons. The van der Waals surface area contributed by atoms with Crippen molar-refractivity contribution in [2.24, 2.45) is 5.41 Å². The Kier molecular flexibility index (Phi) is 5.09. The van der Waals surface area contributed by atoms with Gasteiger partial charge in [-0.3, -0.25) is 0 Å². The number of fused-ring (bicyclic) bond motifs is 3. The summed E-state index contributed by atoms with van der Waals surface area (Å²) in [7, 11) is 0. The Morgan fingerprint density at radius 1 is 1.09 bits per heavy atom. The molecule has 2 saturated heterocycles. The van der Waals surface area contributed by atoms with Gasteiger partial charge in [-0.1, -0.05) is 18.2 Å². The normalized spacial score (nSPS) is 17.6. The van der Waals surface area contributed by atoms with Gasteiger partial charge in [0, 0.05) is 72.7 Å². The van der Waals surface area contributed by atoms with Crippen LogP contribution in [0.3, 0.4) is 0 Å². The van der Waals surface area contributed by atoms with Gasteiger partial charge in [0.25, 0.3) is 6.43 Å². The molecule has 0 unspecified atom stereocenters. The van der Waals surface area contributed by atoms with Gasteiger partial charge in [0.05, 0.1) is 5.56 Å². The topological polar surface area (TPSA) is 54.7 Å². The molecule has 4 aromatic rings. The van der Waals surface area contributed by atoms with Crippen LogP contribution in [0.5, 0.6) is 0 Å². The first kappa shape index (κ1) is 21.2. The summed E-state index contributed by atoms with van der Waals surface area (Å²) in [4.78, 5) is 6.79. The van der Waals surface area contributed by atoms with Crippen LogP contribution in [0.1, 0.15) is 30.4 Å². The van der Waals surface area contributed by atoms with Crippen molar-refractivity contribution in [3.8, 4) is 0 Å². The summed E-state index contributed by atoms with van der Waals surface area (Å²) in [6, 6.07) is 10.3. The maximum Gasteiger partial charge on any atom is 0.266 e. The van der Waals surface area contributed by atoms with Crippen LogP contribution in [-0.2, 0) is 11.3 Å². The second-order valence-corrected chi connectivity index (χ2v) is 9.22. The summed E-state index contributed by atoms with van der Waals surface area (Å²) in [5, 5.41) is 9.57. The van der Waals surface area contributed by atoms with Gasteiger partial charge in [0.1, 0.15) is 5.82 Å². The van der Waals surface area contributed by atoms with Gasteiger partial charge in [-0.25, -0.2) is 22.7 Å². The van der Waals surface area contributed by atoms with Crippen LogP contribution in [0.4, 0.5) is 24.7 Å². The van der Waals surface area contributed by atoms with E-state index < -0.39 is 17.8 Å². The number of rotatable bonds is 5. The van der Waals surface area contributed by atoms with Gasteiger partial charge in [0.2, 0.25) is 0 Å². The number of benzene rings is 2. The maximum atomic E-state index is 14.6. The minimum absolute atomic E-state index is 0.0335. The zero-order valence-electron chi connectivity index (χ0n) is 18.5. The molecule has 1 N–H and O–H groups in total. The van der Waals surface area contributed by atoms with Crippen LogP contribution in [0, 0.1) is 11.2 Å². The second kappa shape index (κ2) is 8.16. The fourth-order valence-corrected chi connectivity index (χ4v) is 5.13. The first-order chi connectivity index (χ1) is 16.5. The highest BCUT2D eigenvalue weighted by Crippen LogP contribution is 2.43. The number of hydrogen-bond donors (Lipinski definition) is 1. The fraction of sp³-hybridized carbons (Fsp3) is 0.360. The molecule has 2 fully saturated rings. The number of alkyl halides is 2. The van der Waals surface area contributed by atoms with Crippen LogP contribution in [0.25, 0.3) is 16.4 Å². The third-order valence-electron chi connectivity index (χ3n) is 7.09. The third kappa shape index (κ3) is 3.55. The molecular formula is C25H24F3N5O. The molecule has 6 nitrogen and oxygen atoms in total. The van der Waals surface area contributed by atoms with E-state index in [4.69, 9.17) is 4.74 Å². The summed E-state index contributed by atoms with van der Waals surface area (Å²) >= 11 is 0. The highest BCUT2D eigenvalue weighted by molar-refractivity contribution is 6.01. The lowest BCUT2D eigenvalue weighted by Gasteiger charge is -2.53. The number of anilines is 2. The monoisotopic (exact) mass is 467 g/mol. The molecule has 4 heterocycles. The number of halogens is 3. The van der Waals surface area contributed by atoms with Gasteiger partial charge in [-0.05, 0) is 31.0 Å². The van der Waals surface area contributed by atoms with E-state index in [-0.39, 0.29) is 12.1 Å². The first-order valence-corrected chi connectivity index (χ1v) is 11.4. The molecule has 0 saturated carbocycles. The zero-order valence-corrected chi connectivity index (χ0v) is 18.5. The molecule has 9 heteroatoms. The summed E-state index contributed by atoms with van der Waals surface area (Å²) in [6.45, 7) is 3.67. The predicted octanol–water partition coefficient (Wildman–Crippen LogP) is 5.19. The molecule has 2 aromatic carbocycles. The minimum atomic E-state index is -2.86. The molecule has 2 aliphatic heterocycles. The van der Waals surface area contributed by atoms with Crippen LogP contribution < -0.4 is 10.2 Å². The fourth-order valence-electron chi connectivity index (χ4n) is 5.13. The van der Waals surface area contributed by atoms with Gasteiger partial charge in [-0.15, -0.1) is 5.10 Å². The standard InChI is InChI=1S/C25H24F3N5O/c26-21-16(2-1-3-19(21)22(27)28)13-30-23-20-12-17(32-14-25(15-32)6-10-34-11-7-25)4-5-18(20)24-29-8-9-33(24)31-23/h1-5,8-9,12,22H,6-7,10-11,13-15H2,(H,30,31). The number of imidazole rings is 1. The average molecular weight is 467 g/mol. The van der Waals surface area contributed by atoms with E-state index in [1.54, 1.807) is 16.9 Å². The molecule has 0 radical (unpaired) electrons. The predicted molar refractivity (Wildman–Crippen MR) is 124 cm³/mol. The van der Waals surface area contributed by atoms with Crippen molar-refractivity contribution in [2.45, 2.75) is 25.8 Å². The SMILES string of the molecule is Fc1c(CNc2nn3ccnc3c3ccc(N4CC5(CCOCC5)C4)cc23)cccc1C(F)F. The van der Waals surface area contributed by atoms with E-state index in [9.17, 15) is 13.2 Å². The van der Waals surface area contributed by atoms with Crippen molar-refractivity contribution in [3.63, 3.8) is 0 Å². The zero-order chi connectivity index (χ0) is 23.3. The molecule has 2 aromatic heterocycles. The van der Waals surface area contributed by atoms with E-state index in [1.807, 2.05) is 6.07 Å². The lowest BCUT2D eigenvalue weighted by molar-refractivity contribution is -0.000184. The van der Waals surface area contributed by atoms with Crippen molar-refractivity contribution < 1.29 is 17.9 Å². The van der Waals surface area contributed by atoms with Crippen molar-refractivity contribution in [1.29, 1.82) is 0 Å². The summed E-state index contributed by atoms with van der Waals surface area (Å²) in [5.74, 6) is -0.341. The van der Waals surface area contributed by atoms with Gasteiger partial charge in [0.15, 0.2) is 11.5 Å². The second-order valence-electron chi connectivity index (χ2n) is 9.22. The molecule has 0 atom stereocenters. The lowest BCUT2D eigenvalue weighted by Crippen LogP contribution is -2.58. The van der Waals surface area contributed by atoms with E-state index >= 15 is 0 Å². The molecule has 0 bridgehead atoms. The largest absolute Gasteiger partial charge is 0.381 e. The van der Waals surface area contributed by atoms with E-state index in [0.29, 0.717) is 11.2 Å². The van der Waals surface area contributed by atoms with Gasteiger partial charge in [-0.2, -0.15) is 0 Å². The van der Waals surface area contributed by atoms with Crippen LogP contribution in [0.15, 0.2) is 48.8 Å². The van der Waals surface area contributed by atoms with Crippen molar-refractivity contribution in [1.82, 2.24) is 14.6 Å². The summed E-state index contributed by atoms with van der Waals surface area (Å²) in [5.41, 5.74) is 1.73. The molecule has 34 heavy (non-hydrogen) atoms. The number of nitrogens with zero attached hydrogens (tertiary/aromatic N) is 4. The maximum absolute atomic E-state index is 14.6. The number of hydrogen-bond acceptors (Lipinski definition) is 5. The quantitative estimate of drug-likeness (QED) is 0.438. The third-order valence-corrected chi connectivity index (χ3v) is 7.09. The molecule has 0 aliphatic carbocycles. The van der Waals surface area contributed by atoms with Crippen LogP contribution in [-0.4, -0.2) is 40.9 Å². The van der Waals surface area contributed by atoms with Gasteiger partial charge < -0.3 is 15.0 Å². The Labute approximate surface area is 194 Å². The molecular weight excluding hydrogens is 443 g/mol. The Morgan fingerprint density at radius 2 is 1.91 bits per heavy atom. The first-order valence-electron chi connectivity index (χ1n) is 11.4. The summed E-state index contributed by atoms with van der Waals surface area (Å²) in [6.07, 6.45) is 2.73. The number of aromatic nitrogens is 3. The molecule has 0 amide bonds. The highest BCUT2D eigenvalue weighted by Gasteiger charge is 2.43. The molecule has 6 rings (SSSR count). The van der Waals surface area contributed by atoms with Gasteiger partial charge >= 0.3 is 0 Å². The number of ether oxygens (including phenoxy) is 1.